The van der Waals surface area contributed by atoms with E-state index in [4.69, 9.17) is 23.2 Å². The minimum atomic E-state index is 0.155. The molecule has 0 aromatic heterocycles. The van der Waals surface area contributed by atoms with Crippen LogP contribution in [-0.4, -0.2) is 12.6 Å². The first-order valence-electron chi connectivity index (χ1n) is 7.64. The standard InChI is InChI=1S/C17H27Cl2N/c1-5-9-17(10-6-2,12-20-13(3)4)14-7-8-15(18)16(19)11-14/h7-8,11,13,20H,5-6,9-10,12H2,1-4H3. The fraction of sp³-hybridized carbons (Fsp3) is 0.647. The summed E-state index contributed by atoms with van der Waals surface area (Å²) in [5.41, 5.74) is 1.46. The first-order valence-corrected chi connectivity index (χ1v) is 8.39. The monoisotopic (exact) mass is 315 g/mol. The molecule has 1 nitrogen and oxygen atoms in total. The van der Waals surface area contributed by atoms with Crippen LogP contribution < -0.4 is 5.32 Å². The van der Waals surface area contributed by atoms with E-state index in [1.807, 2.05) is 6.07 Å². The van der Waals surface area contributed by atoms with Gasteiger partial charge in [-0.05, 0) is 30.5 Å². The summed E-state index contributed by atoms with van der Waals surface area (Å²) < 4.78 is 0. The highest BCUT2D eigenvalue weighted by Gasteiger charge is 2.30. The topological polar surface area (TPSA) is 12.0 Å². The maximum Gasteiger partial charge on any atom is 0.0595 e. The lowest BCUT2D eigenvalue weighted by molar-refractivity contribution is 0.324. The van der Waals surface area contributed by atoms with Gasteiger partial charge in [0, 0.05) is 18.0 Å². The molecule has 0 bridgehead atoms. The number of hydrogen-bond acceptors (Lipinski definition) is 1. The quantitative estimate of drug-likeness (QED) is 0.636. The second kappa shape index (κ2) is 8.26. The Morgan fingerprint density at radius 1 is 1.05 bits per heavy atom. The summed E-state index contributed by atoms with van der Waals surface area (Å²) in [6, 6.07) is 6.61. The van der Waals surface area contributed by atoms with Gasteiger partial charge in [0.1, 0.15) is 0 Å². The highest BCUT2D eigenvalue weighted by Crippen LogP contribution is 2.37. The summed E-state index contributed by atoms with van der Waals surface area (Å²) in [5, 5.41) is 4.90. The summed E-state index contributed by atoms with van der Waals surface area (Å²) in [4.78, 5) is 0. The van der Waals surface area contributed by atoms with Crippen molar-refractivity contribution in [1.82, 2.24) is 5.32 Å². The average Bonchev–Trinajstić information content (AvgIpc) is 2.39. The van der Waals surface area contributed by atoms with E-state index in [0.29, 0.717) is 16.1 Å². The summed E-state index contributed by atoms with van der Waals surface area (Å²) >= 11 is 12.3. The zero-order valence-electron chi connectivity index (χ0n) is 13.1. The molecule has 0 saturated heterocycles. The molecule has 0 saturated carbocycles. The molecule has 1 aromatic rings. The van der Waals surface area contributed by atoms with Crippen molar-refractivity contribution in [3.05, 3.63) is 33.8 Å². The van der Waals surface area contributed by atoms with Gasteiger partial charge < -0.3 is 5.32 Å². The van der Waals surface area contributed by atoms with E-state index in [0.717, 1.165) is 6.54 Å². The van der Waals surface area contributed by atoms with Gasteiger partial charge in [-0.1, -0.05) is 69.8 Å². The van der Waals surface area contributed by atoms with Gasteiger partial charge in [0.05, 0.1) is 10.0 Å². The minimum absolute atomic E-state index is 0.155. The summed E-state index contributed by atoms with van der Waals surface area (Å²) in [5.74, 6) is 0. The van der Waals surface area contributed by atoms with Crippen LogP contribution >= 0.6 is 23.2 Å². The molecule has 0 unspecified atom stereocenters. The van der Waals surface area contributed by atoms with Gasteiger partial charge in [0.25, 0.3) is 0 Å². The van der Waals surface area contributed by atoms with Gasteiger partial charge in [-0.3, -0.25) is 0 Å². The molecule has 0 atom stereocenters. The number of benzene rings is 1. The summed E-state index contributed by atoms with van der Waals surface area (Å²) in [6.45, 7) is 9.87. The molecule has 114 valence electrons. The third kappa shape index (κ3) is 4.65. The van der Waals surface area contributed by atoms with Crippen molar-refractivity contribution >= 4 is 23.2 Å². The fourth-order valence-corrected chi connectivity index (χ4v) is 3.17. The second-order valence-corrected chi connectivity index (χ2v) is 6.76. The van der Waals surface area contributed by atoms with Gasteiger partial charge >= 0.3 is 0 Å². The first kappa shape index (κ1) is 17.8. The highest BCUT2D eigenvalue weighted by atomic mass is 35.5. The molecular weight excluding hydrogens is 289 g/mol. The van der Waals surface area contributed by atoms with Crippen molar-refractivity contribution in [2.45, 2.75) is 64.8 Å². The molecule has 1 N–H and O–H groups in total. The van der Waals surface area contributed by atoms with Crippen LogP contribution in [-0.2, 0) is 5.41 Å². The van der Waals surface area contributed by atoms with Crippen molar-refractivity contribution in [2.75, 3.05) is 6.54 Å². The van der Waals surface area contributed by atoms with E-state index >= 15 is 0 Å². The predicted molar refractivity (Wildman–Crippen MR) is 91.1 cm³/mol. The van der Waals surface area contributed by atoms with Crippen LogP contribution in [0, 0.1) is 0 Å². The van der Waals surface area contributed by atoms with E-state index in [1.165, 1.54) is 31.2 Å². The van der Waals surface area contributed by atoms with Crippen molar-refractivity contribution in [1.29, 1.82) is 0 Å². The minimum Gasteiger partial charge on any atom is -0.314 e. The molecule has 0 heterocycles. The van der Waals surface area contributed by atoms with E-state index in [2.05, 4.69) is 45.1 Å². The maximum absolute atomic E-state index is 6.23. The molecule has 0 radical (unpaired) electrons. The third-order valence-corrected chi connectivity index (χ3v) is 4.58. The van der Waals surface area contributed by atoms with Gasteiger partial charge in [0.2, 0.25) is 0 Å². The van der Waals surface area contributed by atoms with Crippen molar-refractivity contribution in [3.63, 3.8) is 0 Å². The van der Waals surface area contributed by atoms with Crippen LogP contribution in [0.15, 0.2) is 18.2 Å². The van der Waals surface area contributed by atoms with Crippen molar-refractivity contribution in [2.24, 2.45) is 0 Å². The van der Waals surface area contributed by atoms with Gasteiger partial charge in [-0.2, -0.15) is 0 Å². The Balaban J connectivity index is 3.13. The van der Waals surface area contributed by atoms with Crippen LogP contribution in [0.5, 0.6) is 0 Å². The molecule has 0 fully saturated rings. The molecule has 20 heavy (non-hydrogen) atoms. The molecule has 0 spiro atoms. The highest BCUT2D eigenvalue weighted by molar-refractivity contribution is 6.42. The lowest BCUT2D eigenvalue weighted by Crippen LogP contribution is -2.41. The van der Waals surface area contributed by atoms with Gasteiger partial charge in [0.15, 0.2) is 0 Å². The molecule has 0 aliphatic heterocycles. The smallest absolute Gasteiger partial charge is 0.0595 e. The zero-order chi connectivity index (χ0) is 15.2. The van der Waals surface area contributed by atoms with Gasteiger partial charge in [-0.15, -0.1) is 0 Å². The van der Waals surface area contributed by atoms with Crippen LogP contribution in [0.25, 0.3) is 0 Å². The fourth-order valence-electron chi connectivity index (χ4n) is 2.88. The predicted octanol–water partition coefficient (Wildman–Crippen LogP) is 5.83. The Hall–Kier alpha value is -0.240. The van der Waals surface area contributed by atoms with E-state index < -0.39 is 0 Å². The zero-order valence-corrected chi connectivity index (χ0v) is 14.6. The average molecular weight is 316 g/mol. The Kier molecular flexibility index (Phi) is 7.36. The normalized spacial score (nSPS) is 12.2. The van der Waals surface area contributed by atoms with Crippen molar-refractivity contribution < 1.29 is 0 Å². The van der Waals surface area contributed by atoms with Crippen LogP contribution in [0.2, 0.25) is 10.0 Å². The van der Waals surface area contributed by atoms with Crippen molar-refractivity contribution in [3.8, 4) is 0 Å². The Morgan fingerprint density at radius 3 is 2.10 bits per heavy atom. The Labute approximate surface area is 134 Å². The van der Waals surface area contributed by atoms with Crippen LogP contribution in [0.3, 0.4) is 0 Å². The van der Waals surface area contributed by atoms with Crippen LogP contribution in [0.1, 0.15) is 58.9 Å². The van der Waals surface area contributed by atoms with Crippen LogP contribution in [0.4, 0.5) is 0 Å². The number of halogens is 2. The van der Waals surface area contributed by atoms with E-state index in [9.17, 15) is 0 Å². The number of hydrogen-bond donors (Lipinski definition) is 1. The third-order valence-electron chi connectivity index (χ3n) is 3.84. The summed E-state index contributed by atoms with van der Waals surface area (Å²) in [7, 11) is 0. The molecule has 3 heteroatoms. The Bertz CT molecular complexity index is 409. The Morgan fingerprint density at radius 2 is 1.65 bits per heavy atom. The lowest BCUT2D eigenvalue weighted by Gasteiger charge is -2.35. The first-order chi connectivity index (χ1) is 9.45. The van der Waals surface area contributed by atoms with E-state index in [1.54, 1.807) is 0 Å². The summed E-state index contributed by atoms with van der Waals surface area (Å²) in [6.07, 6.45) is 4.66. The lowest BCUT2D eigenvalue weighted by atomic mass is 9.73. The number of rotatable bonds is 8. The molecule has 1 aromatic carbocycles. The molecule has 0 aliphatic rings. The molecule has 0 aliphatic carbocycles. The maximum atomic E-state index is 6.23. The van der Waals surface area contributed by atoms with Gasteiger partial charge in [-0.25, -0.2) is 0 Å². The molecule has 1 rings (SSSR count). The number of nitrogens with one attached hydrogen (secondary N) is 1. The largest absolute Gasteiger partial charge is 0.314 e. The SMILES string of the molecule is CCCC(CCC)(CNC(C)C)c1ccc(Cl)c(Cl)c1. The van der Waals surface area contributed by atoms with E-state index in [-0.39, 0.29) is 5.41 Å². The molecule has 0 amide bonds. The second-order valence-electron chi connectivity index (χ2n) is 5.94. The molecular formula is C17H27Cl2N.